The maximum absolute atomic E-state index is 5.83. The molecule has 0 bridgehead atoms. The van der Waals surface area contributed by atoms with Crippen molar-refractivity contribution in [1.29, 1.82) is 0 Å². The van der Waals surface area contributed by atoms with Crippen LogP contribution in [0.5, 0.6) is 5.75 Å². The summed E-state index contributed by atoms with van der Waals surface area (Å²) < 4.78 is 5.18. The van der Waals surface area contributed by atoms with Gasteiger partial charge in [-0.05, 0) is 41.8 Å². The molecule has 0 aliphatic heterocycles. The lowest BCUT2D eigenvalue weighted by atomic mass is 10.1. The highest BCUT2D eigenvalue weighted by Gasteiger charge is 2.07. The van der Waals surface area contributed by atoms with Crippen molar-refractivity contribution in [2.75, 3.05) is 19.1 Å². The van der Waals surface area contributed by atoms with Crippen LogP contribution in [-0.2, 0) is 13.1 Å². The highest BCUT2D eigenvalue weighted by atomic mass is 16.5. The van der Waals surface area contributed by atoms with E-state index < -0.39 is 0 Å². The standard InChI is InChI=1S/C17H22N2O/c1-13-4-7-15(11-18)17(10-13)19(2)12-14-5-8-16(20-3)9-6-14/h4-10H,11-12,18H2,1-3H3. The van der Waals surface area contributed by atoms with Crippen LogP contribution in [0.1, 0.15) is 16.7 Å². The summed E-state index contributed by atoms with van der Waals surface area (Å²) in [7, 11) is 3.78. The van der Waals surface area contributed by atoms with E-state index >= 15 is 0 Å². The third-order valence-electron chi connectivity index (χ3n) is 3.45. The molecule has 0 saturated heterocycles. The summed E-state index contributed by atoms with van der Waals surface area (Å²) in [5, 5.41) is 0. The smallest absolute Gasteiger partial charge is 0.118 e. The Kier molecular flexibility index (Phi) is 4.64. The summed E-state index contributed by atoms with van der Waals surface area (Å²) in [5.74, 6) is 0.884. The van der Waals surface area contributed by atoms with Crippen LogP contribution in [0.3, 0.4) is 0 Å². The Balaban J connectivity index is 2.18. The maximum Gasteiger partial charge on any atom is 0.118 e. The summed E-state index contributed by atoms with van der Waals surface area (Å²) in [5.41, 5.74) is 10.7. The molecule has 0 aliphatic rings. The fourth-order valence-electron chi connectivity index (χ4n) is 2.29. The zero-order valence-corrected chi connectivity index (χ0v) is 12.4. The zero-order valence-electron chi connectivity index (χ0n) is 12.4. The molecule has 0 fully saturated rings. The molecule has 20 heavy (non-hydrogen) atoms. The van der Waals surface area contributed by atoms with Crippen molar-refractivity contribution in [2.45, 2.75) is 20.0 Å². The molecule has 3 nitrogen and oxygen atoms in total. The predicted octanol–water partition coefficient (Wildman–Crippen LogP) is 3.10. The van der Waals surface area contributed by atoms with E-state index in [1.54, 1.807) is 7.11 Å². The second-order valence-corrected chi connectivity index (χ2v) is 5.04. The van der Waals surface area contributed by atoms with Crippen molar-refractivity contribution in [3.63, 3.8) is 0 Å². The van der Waals surface area contributed by atoms with Gasteiger partial charge in [0, 0.05) is 25.8 Å². The quantitative estimate of drug-likeness (QED) is 0.907. The minimum atomic E-state index is 0.558. The molecule has 106 valence electrons. The first kappa shape index (κ1) is 14.4. The van der Waals surface area contributed by atoms with Gasteiger partial charge in [-0.15, -0.1) is 0 Å². The monoisotopic (exact) mass is 270 g/mol. The van der Waals surface area contributed by atoms with Crippen LogP contribution < -0.4 is 15.4 Å². The molecule has 2 aromatic carbocycles. The third-order valence-corrected chi connectivity index (χ3v) is 3.45. The van der Waals surface area contributed by atoms with E-state index in [-0.39, 0.29) is 0 Å². The number of methoxy groups -OCH3 is 1. The first-order valence-electron chi connectivity index (χ1n) is 6.77. The zero-order chi connectivity index (χ0) is 14.5. The van der Waals surface area contributed by atoms with Gasteiger partial charge in [0.1, 0.15) is 5.75 Å². The van der Waals surface area contributed by atoms with E-state index in [1.165, 1.54) is 22.4 Å². The van der Waals surface area contributed by atoms with Gasteiger partial charge in [-0.1, -0.05) is 24.3 Å². The van der Waals surface area contributed by atoms with Crippen molar-refractivity contribution in [1.82, 2.24) is 0 Å². The summed E-state index contributed by atoms with van der Waals surface area (Å²) >= 11 is 0. The average molecular weight is 270 g/mol. The van der Waals surface area contributed by atoms with Crippen LogP contribution in [0.2, 0.25) is 0 Å². The van der Waals surface area contributed by atoms with Gasteiger partial charge < -0.3 is 15.4 Å². The summed E-state index contributed by atoms with van der Waals surface area (Å²) in [4.78, 5) is 2.23. The van der Waals surface area contributed by atoms with Crippen LogP contribution in [0.4, 0.5) is 5.69 Å². The fourth-order valence-corrected chi connectivity index (χ4v) is 2.29. The molecule has 0 unspecified atom stereocenters. The highest BCUT2D eigenvalue weighted by Crippen LogP contribution is 2.23. The number of benzene rings is 2. The SMILES string of the molecule is COc1ccc(CN(C)c2cc(C)ccc2CN)cc1. The van der Waals surface area contributed by atoms with Crippen molar-refractivity contribution < 1.29 is 4.74 Å². The van der Waals surface area contributed by atoms with Gasteiger partial charge in [-0.25, -0.2) is 0 Å². The Morgan fingerprint density at radius 1 is 1.10 bits per heavy atom. The Morgan fingerprint density at radius 2 is 1.80 bits per heavy atom. The number of anilines is 1. The molecule has 0 heterocycles. The van der Waals surface area contributed by atoms with Crippen LogP contribution >= 0.6 is 0 Å². The lowest BCUT2D eigenvalue weighted by molar-refractivity contribution is 0.414. The van der Waals surface area contributed by atoms with Crippen LogP contribution in [-0.4, -0.2) is 14.2 Å². The normalized spacial score (nSPS) is 10.4. The molecule has 0 amide bonds. The van der Waals surface area contributed by atoms with E-state index in [9.17, 15) is 0 Å². The van der Waals surface area contributed by atoms with Crippen molar-refractivity contribution in [2.24, 2.45) is 5.73 Å². The number of hydrogen-bond acceptors (Lipinski definition) is 3. The number of nitrogens with two attached hydrogens (primary N) is 1. The van der Waals surface area contributed by atoms with Crippen molar-refractivity contribution in [3.8, 4) is 5.75 Å². The van der Waals surface area contributed by atoms with Gasteiger partial charge in [0.2, 0.25) is 0 Å². The van der Waals surface area contributed by atoms with E-state index in [0.717, 1.165) is 12.3 Å². The van der Waals surface area contributed by atoms with Crippen molar-refractivity contribution in [3.05, 3.63) is 59.2 Å². The number of rotatable bonds is 5. The Morgan fingerprint density at radius 3 is 2.40 bits per heavy atom. The minimum Gasteiger partial charge on any atom is -0.497 e. The summed E-state index contributed by atoms with van der Waals surface area (Å²) in [6.07, 6.45) is 0. The predicted molar refractivity (Wildman–Crippen MR) is 84.2 cm³/mol. The molecular formula is C17H22N2O. The molecule has 0 aliphatic carbocycles. The second kappa shape index (κ2) is 6.44. The molecule has 0 spiro atoms. The topological polar surface area (TPSA) is 38.5 Å². The second-order valence-electron chi connectivity index (χ2n) is 5.04. The fraction of sp³-hybridized carbons (Fsp3) is 0.294. The molecule has 2 aromatic rings. The minimum absolute atomic E-state index is 0.558. The van der Waals surface area contributed by atoms with Gasteiger partial charge in [0.25, 0.3) is 0 Å². The highest BCUT2D eigenvalue weighted by molar-refractivity contribution is 5.55. The summed E-state index contributed by atoms with van der Waals surface area (Å²) in [6, 6.07) is 14.6. The first-order chi connectivity index (χ1) is 9.63. The summed E-state index contributed by atoms with van der Waals surface area (Å²) in [6.45, 7) is 3.51. The molecule has 0 atom stereocenters. The Hall–Kier alpha value is -2.00. The van der Waals surface area contributed by atoms with Crippen LogP contribution in [0.15, 0.2) is 42.5 Å². The first-order valence-corrected chi connectivity index (χ1v) is 6.77. The maximum atomic E-state index is 5.83. The number of aryl methyl sites for hydroxylation is 1. The number of ether oxygens (including phenoxy) is 1. The Labute approximate surface area is 121 Å². The van der Waals surface area contributed by atoms with Gasteiger partial charge in [0.15, 0.2) is 0 Å². The average Bonchev–Trinajstić information content (AvgIpc) is 2.48. The lowest BCUT2D eigenvalue weighted by Gasteiger charge is -2.23. The molecule has 0 aromatic heterocycles. The Bertz CT molecular complexity index is 564. The van der Waals surface area contributed by atoms with E-state index in [2.05, 4.69) is 49.2 Å². The molecule has 2 rings (SSSR count). The van der Waals surface area contributed by atoms with Gasteiger partial charge >= 0.3 is 0 Å². The van der Waals surface area contributed by atoms with Crippen molar-refractivity contribution >= 4 is 5.69 Å². The molecule has 3 heteroatoms. The largest absolute Gasteiger partial charge is 0.497 e. The van der Waals surface area contributed by atoms with E-state index in [4.69, 9.17) is 10.5 Å². The number of hydrogen-bond donors (Lipinski definition) is 1. The van der Waals surface area contributed by atoms with Gasteiger partial charge in [-0.2, -0.15) is 0 Å². The van der Waals surface area contributed by atoms with Crippen LogP contribution in [0, 0.1) is 6.92 Å². The molecule has 2 N–H and O–H groups in total. The molecule has 0 saturated carbocycles. The molecular weight excluding hydrogens is 248 g/mol. The lowest BCUT2D eigenvalue weighted by Crippen LogP contribution is -2.19. The van der Waals surface area contributed by atoms with E-state index in [0.29, 0.717) is 6.54 Å². The van der Waals surface area contributed by atoms with E-state index in [1.807, 2.05) is 12.1 Å². The number of nitrogens with zero attached hydrogens (tertiary/aromatic N) is 1. The third kappa shape index (κ3) is 3.31. The van der Waals surface area contributed by atoms with Crippen LogP contribution in [0.25, 0.3) is 0 Å². The molecule has 0 radical (unpaired) electrons. The van der Waals surface area contributed by atoms with Gasteiger partial charge in [-0.3, -0.25) is 0 Å². The van der Waals surface area contributed by atoms with Gasteiger partial charge in [0.05, 0.1) is 7.11 Å².